The highest BCUT2D eigenvalue weighted by Crippen LogP contribution is 2.35. The standard InChI is InChI=1S/C18H22O2/c1-5-19-15-9-10-18(20-6-2)17(12-15)16-11-13(3)7-8-14(16)4/h7-12H,5-6H2,1-4H3. The first-order chi connectivity index (χ1) is 9.65. The van der Waals surface area contributed by atoms with Gasteiger partial charge in [0.15, 0.2) is 0 Å². The summed E-state index contributed by atoms with van der Waals surface area (Å²) in [5.74, 6) is 1.79. The molecule has 2 aromatic carbocycles. The monoisotopic (exact) mass is 270 g/mol. The fraction of sp³-hybridized carbons (Fsp3) is 0.333. The molecule has 2 heteroatoms. The van der Waals surface area contributed by atoms with Crippen molar-refractivity contribution in [1.29, 1.82) is 0 Å². The van der Waals surface area contributed by atoms with Gasteiger partial charge in [0.1, 0.15) is 11.5 Å². The number of hydrogen-bond donors (Lipinski definition) is 0. The molecule has 0 saturated carbocycles. The highest BCUT2D eigenvalue weighted by atomic mass is 16.5. The Morgan fingerprint density at radius 3 is 2.25 bits per heavy atom. The van der Waals surface area contributed by atoms with E-state index >= 15 is 0 Å². The molecule has 0 aromatic heterocycles. The van der Waals surface area contributed by atoms with Crippen molar-refractivity contribution in [3.63, 3.8) is 0 Å². The molecule has 0 fully saturated rings. The van der Waals surface area contributed by atoms with Crippen LogP contribution in [0.15, 0.2) is 36.4 Å². The van der Waals surface area contributed by atoms with Crippen LogP contribution in [0.2, 0.25) is 0 Å². The molecule has 2 nitrogen and oxygen atoms in total. The summed E-state index contributed by atoms with van der Waals surface area (Å²) in [5.41, 5.74) is 4.79. The second-order valence-corrected chi connectivity index (χ2v) is 4.84. The van der Waals surface area contributed by atoms with E-state index in [0.717, 1.165) is 17.1 Å². The first-order valence-electron chi connectivity index (χ1n) is 7.13. The molecule has 0 amide bonds. The van der Waals surface area contributed by atoms with E-state index in [1.54, 1.807) is 0 Å². The highest BCUT2D eigenvalue weighted by Gasteiger charge is 2.11. The van der Waals surface area contributed by atoms with Crippen LogP contribution in [-0.4, -0.2) is 13.2 Å². The lowest BCUT2D eigenvalue weighted by molar-refractivity contribution is 0.331. The van der Waals surface area contributed by atoms with Crippen molar-refractivity contribution in [2.45, 2.75) is 27.7 Å². The third kappa shape index (κ3) is 3.13. The van der Waals surface area contributed by atoms with E-state index in [4.69, 9.17) is 9.47 Å². The second-order valence-electron chi connectivity index (χ2n) is 4.84. The summed E-state index contributed by atoms with van der Waals surface area (Å²) >= 11 is 0. The van der Waals surface area contributed by atoms with Gasteiger partial charge in [-0.2, -0.15) is 0 Å². The maximum absolute atomic E-state index is 5.76. The molecule has 0 aliphatic heterocycles. The normalized spacial score (nSPS) is 10.4. The third-order valence-electron chi connectivity index (χ3n) is 3.25. The first kappa shape index (κ1) is 14.4. The molecule has 2 aromatic rings. The fourth-order valence-electron chi connectivity index (χ4n) is 2.28. The summed E-state index contributed by atoms with van der Waals surface area (Å²) < 4.78 is 11.4. The lowest BCUT2D eigenvalue weighted by Crippen LogP contribution is -1.97. The van der Waals surface area contributed by atoms with Gasteiger partial charge in [0.2, 0.25) is 0 Å². The lowest BCUT2D eigenvalue weighted by atomic mass is 9.97. The molecule has 0 atom stereocenters. The molecule has 0 unspecified atom stereocenters. The van der Waals surface area contributed by atoms with Crippen molar-refractivity contribution >= 4 is 0 Å². The number of ether oxygens (including phenoxy) is 2. The Balaban J connectivity index is 2.56. The van der Waals surface area contributed by atoms with E-state index in [0.29, 0.717) is 13.2 Å². The zero-order chi connectivity index (χ0) is 14.5. The summed E-state index contributed by atoms with van der Waals surface area (Å²) in [4.78, 5) is 0. The van der Waals surface area contributed by atoms with Crippen molar-refractivity contribution in [1.82, 2.24) is 0 Å². The van der Waals surface area contributed by atoms with Gasteiger partial charge < -0.3 is 9.47 Å². The Bertz CT molecular complexity index is 588. The van der Waals surface area contributed by atoms with Crippen LogP contribution in [0.3, 0.4) is 0 Å². The first-order valence-corrected chi connectivity index (χ1v) is 7.13. The molecule has 0 N–H and O–H groups in total. The van der Waals surface area contributed by atoms with E-state index < -0.39 is 0 Å². The molecule has 20 heavy (non-hydrogen) atoms. The predicted molar refractivity (Wildman–Crippen MR) is 83.7 cm³/mol. The Labute approximate surface area is 121 Å². The van der Waals surface area contributed by atoms with Crippen LogP contribution in [0, 0.1) is 13.8 Å². The SMILES string of the molecule is CCOc1ccc(OCC)c(-c2cc(C)ccc2C)c1. The van der Waals surface area contributed by atoms with E-state index in [1.807, 2.05) is 26.0 Å². The van der Waals surface area contributed by atoms with Gasteiger partial charge in [-0.3, -0.25) is 0 Å². The van der Waals surface area contributed by atoms with E-state index in [1.165, 1.54) is 16.7 Å². The summed E-state index contributed by atoms with van der Waals surface area (Å²) in [6, 6.07) is 12.5. The third-order valence-corrected chi connectivity index (χ3v) is 3.25. The van der Waals surface area contributed by atoms with Gasteiger partial charge in [-0.05, 0) is 57.0 Å². The molecule has 0 bridgehead atoms. The van der Waals surface area contributed by atoms with E-state index in [9.17, 15) is 0 Å². The van der Waals surface area contributed by atoms with Crippen LogP contribution in [0.4, 0.5) is 0 Å². The predicted octanol–water partition coefficient (Wildman–Crippen LogP) is 4.77. The van der Waals surface area contributed by atoms with Crippen LogP contribution in [0.5, 0.6) is 11.5 Å². The van der Waals surface area contributed by atoms with Crippen LogP contribution < -0.4 is 9.47 Å². The summed E-state index contributed by atoms with van der Waals surface area (Å²) in [7, 11) is 0. The number of aryl methyl sites for hydroxylation is 2. The maximum Gasteiger partial charge on any atom is 0.127 e. The number of benzene rings is 2. The average molecular weight is 270 g/mol. The minimum atomic E-state index is 0.659. The topological polar surface area (TPSA) is 18.5 Å². The molecule has 2 rings (SSSR count). The number of hydrogen-bond acceptors (Lipinski definition) is 2. The quantitative estimate of drug-likeness (QED) is 0.779. The van der Waals surface area contributed by atoms with Gasteiger partial charge in [-0.25, -0.2) is 0 Å². The Morgan fingerprint density at radius 2 is 1.55 bits per heavy atom. The van der Waals surface area contributed by atoms with Gasteiger partial charge in [-0.15, -0.1) is 0 Å². The maximum atomic E-state index is 5.76. The largest absolute Gasteiger partial charge is 0.494 e. The van der Waals surface area contributed by atoms with Crippen molar-refractivity contribution in [3.05, 3.63) is 47.5 Å². The smallest absolute Gasteiger partial charge is 0.127 e. The van der Waals surface area contributed by atoms with Crippen LogP contribution in [0.1, 0.15) is 25.0 Å². The van der Waals surface area contributed by atoms with E-state index in [2.05, 4.69) is 38.1 Å². The molecule has 0 aliphatic rings. The molecular weight excluding hydrogens is 248 g/mol. The molecule has 0 aliphatic carbocycles. The van der Waals surface area contributed by atoms with Crippen molar-refractivity contribution in [2.75, 3.05) is 13.2 Å². The van der Waals surface area contributed by atoms with Crippen molar-refractivity contribution in [2.24, 2.45) is 0 Å². The molecule has 0 saturated heterocycles. The van der Waals surface area contributed by atoms with Gasteiger partial charge in [0, 0.05) is 5.56 Å². The molecule has 0 heterocycles. The summed E-state index contributed by atoms with van der Waals surface area (Å²) in [6.45, 7) is 9.55. The Kier molecular flexibility index (Phi) is 4.67. The molecule has 0 spiro atoms. The molecular formula is C18H22O2. The van der Waals surface area contributed by atoms with Gasteiger partial charge >= 0.3 is 0 Å². The van der Waals surface area contributed by atoms with Crippen molar-refractivity contribution < 1.29 is 9.47 Å². The average Bonchev–Trinajstić information content (AvgIpc) is 2.44. The van der Waals surface area contributed by atoms with Gasteiger partial charge in [-0.1, -0.05) is 23.8 Å². The van der Waals surface area contributed by atoms with Gasteiger partial charge in [0.25, 0.3) is 0 Å². The zero-order valence-electron chi connectivity index (χ0n) is 12.7. The Hall–Kier alpha value is -1.96. The van der Waals surface area contributed by atoms with E-state index in [-0.39, 0.29) is 0 Å². The number of rotatable bonds is 5. The van der Waals surface area contributed by atoms with Crippen LogP contribution in [0.25, 0.3) is 11.1 Å². The lowest BCUT2D eigenvalue weighted by Gasteiger charge is -2.15. The highest BCUT2D eigenvalue weighted by molar-refractivity contribution is 5.75. The fourth-order valence-corrected chi connectivity index (χ4v) is 2.28. The molecule has 106 valence electrons. The molecule has 0 radical (unpaired) electrons. The summed E-state index contributed by atoms with van der Waals surface area (Å²) in [5, 5.41) is 0. The van der Waals surface area contributed by atoms with Crippen LogP contribution >= 0.6 is 0 Å². The van der Waals surface area contributed by atoms with Gasteiger partial charge in [0.05, 0.1) is 13.2 Å². The minimum Gasteiger partial charge on any atom is -0.494 e. The van der Waals surface area contributed by atoms with Crippen LogP contribution in [-0.2, 0) is 0 Å². The Morgan fingerprint density at radius 1 is 0.800 bits per heavy atom. The minimum absolute atomic E-state index is 0.659. The van der Waals surface area contributed by atoms with Crippen molar-refractivity contribution in [3.8, 4) is 22.6 Å². The zero-order valence-corrected chi connectivity index (χ0v) is 12.7. The summed E-state index contributed by atoms with van der Waals surface area (Å²) in [6.07, 6.45) is 0. The second kappa shape index (κ2) is 6.47.